The highest BCUT2D eigenvalue weighted by molar-refractivity contribution is 5.75. The molecule has 5 aliphatic rings. The van der Waals surface area contributed by atoms with Gasteiger partial charge in [0.05, 0.1) is 39.1 Å². The predicted molar refractivity (Wildman–Crippen MR) is 190 cm³/mol. The van der Waals surface area contributed by atoms with E-state index in [2.05, 4.69) is 0 Å². The van der Waals surface area contributed by atoms with Crippen molar-refractivity contribution in [3.05, 3.63) is 0 Å². The SMILES string of the molecule is O=C(O)C1(O)C[C@@H](O)[C@@H](O[C@H]2O[C@H]([C@@H](O)CO)[C@@H](O)[C@H](O[C@H]3O[C@H]([C@@H](O)CO)[C@@H](O)[C@H](O[C@@H]4O[C@H](CO)[C@H](O)[C@H](O[C@@H]5O[C@H](CO)[C@H](O)[C@H](O)[C@H]5O)[C@H]4O)[C@@H]3O)[C@@H]2O)[C@@H]([C@H](O)CO)O1. The third-order valence-electron chi connectivity index (χ3n) is 11.5. The fraction of sp³-hybridized carbons (Fsp3) is 0.971. The van der Waals surface area contributed by atoms with Gasteiger partial charge in [0.25, 0.3) is 5.79 Å². The zero-order valence-corrected chi connectivity index (χ0v) is 33.3. The number of hydrogen-bond donors (Lipinski definition) is 20. The molecule has 0 aromatic carbocycles. The van der Waals surface area contributed by atoms with Crippen LogP contribution < -0.4 is 0 Å². The van der Waals surface area contributed by atoms with Crippen LogP contribution in [0.15, 0.2) is 0 Å². The van der Waals surface area contributed by atoms with E-state index < -0.39 is 211 Å². The Balaban J connectivity index is 1.42. The van der Waals surface area contributed by atoms with Gasteiger partial charge in [0, 0.05) is 6.42 Å². The summed E-state index contributed by atoms with van der Waals surface area (Å²) in [6.45, 7) is -5.40. The second kappa shape index (κ2) is 22.2. The first-order valence-electron chi connectivity index (χ1n) is 19.9. The van der Waals surface area contributed by atoms with E-state index in [4.69, 9.17) is 42.6 Å². The first-order valence-corrected chi connectivity index (χ1v) is 19.9. The first kappa shape index (κ1) is 53.3. The van der Waals surface area contributed by atoms with Gasteiger partial charge in [-0.05, 0) is 0 Å². The molecule has 20 N–H and O–H groups in total. The van der Waals surface area contributed by atoms with Crippen molar-refractivity contribution < 1.29 is 150 Å². The number of aliphatic hydroxyl groups is 19. The summed E-state index contributed by atoms with van der Waals surface area (Å²) in [6.07, 6.45) is -55.3. The summed E-state index contributed by atoms with van der Waals surface area (Å²) < 4.78 is 49.4. The smallest absolute Gasteiger partial charge is 0.364 e. The van der Waals surface area contributed by atoms with Gasteiger partial charge in [-0.1, -0.05) is 0 Å². The molecule has 0 bridgehead atoms. The molecule has 5 aliphatic heterocycles. The fourth-order valence-electron chi connectivity index (χ4n) is 7.90. The van der Waals surface area contributed by atoms with Crippen LogP contribution in [0.25, 0.3) is 0 Å². The molecule has 374 valence electrons. The summed E-state index contributed by atoms with van der Waals surface area (Å²) in [7, 11) is 0. The second-order valence-corrected chi connectivity index (χ2v) is 15.9. The highest BCUT2D eigenvalue weighted by Crippen LogP contribution is 2.38. The lowest BCUT2D eigenvalue weighted by molar-refractivity contribution is -0.399. The summed E-state index contributed by atoms with van der Waals surface area (Å²) in [6, 6.07) is 0. The van der Waals surface area contributed by atoms with Crippen molar-refractivity contribution in [1.82, 2.24) is 0 Å². The van der Waals surface area contributed by atoms with E-state index in [1.165, 1.54) is 0 Å². The van der Waals surface area contributed by atoms with Gasteiger partial charge in [-0.2, -0.15) is 0 Å². The molecule has 0 aromatic rings. The largest absolute Gasteiger partial charge is 0.477 e. The van der Waals surface area contributed by atoms with Crippen LogP contribution in [0.1, 0.15) is 6.42 Å². The Morgan fingerprint density at radius 1 is 0.484 bits per heavy atom. The van der Waals surface area contributed by atoms with Crippen molar-refractivity contribution in [2.75, 3.05) is 33.0 Å². The molecule has 30 nitrogen and oxygen atoms in total. The average molecular weight is 947 g/mol. The number of aliphatic hydroxyl groups excluding tert-OH is 18. The van der Waals surface area contributed by atoms with E-state index in [9.17, 15) is 107 Å². The van der Waals surface area contributed by atoms with Gasteiger partial charge < -0.3 is 145 Å². The molecule has 5 rings (SSSR count). The van der Waals surface area contributed by atoms with Crippen LogP contribution in [0.4, 0.5) is 0 Å². The van der Waals surface area contributed by atoms with E-state index in [1.807, 2.05) is 0 Å². The van der Waals surface area contributed by atoms with Crippen LogP contribution in [-0.2, 0) is 47.4 Å². The molecule has 0 aromatic heterocycles. The van der Waals surface area contributed by atoms with E-state index in [0.717, 1.165) is 0 Å². The van der Waals surface area contributed by atoms with Gasteiger partial charge in [-0.15, -0.1) is 0 Å². The molecule has 5 heterocycles. The topological polar surface area (TPSA) is 505 Å². The van der Waals surface area contributed by atoms with Gasteiger partial charge in [-0.3, -0.25) is 0 Å². The van der Waals surface area contributed by atoms with E-state index in [1.54, 1.807) is 0 Å². The van der Waals surface area contributed by atoms with Crippen molar-refractivity contribution in [2.45, 2.75) is 172 Å². The molecular formula is C34H58O30. The summed E-state index contributed by atoms with van der Waals surface area (Å²) in [5, 5.41) is 210. The predicted octanol–water partition coefficient (Wildman–Crippen LogP) is -13.4. The van der Waals surface area contributed by atoms with Crippen LogP contribution in [-0.4, -0.2) is 306 Å². The van der Waals surface area contributed by atoms with Crippen molar-refractivity contribution in [3.8, 4) is 0 Å². The highest BCUT2D eigenvalue weighted by atomic mass is 16.8. The summed E-state index contributed by atoms with van der Waals surface area (Å²) in [5.41, 5.74) is 0. The number of aliphatic carboxylic acids is 1. The molecule has 5 saturated heterocycles. The van der Waals surface area contributed by atoms with Crippen molar-refractivity contribution in [3.63, 3.8) is 0 Å². The summed E-state index contributed by atoms with van der Waals surface area (Å²) in [5.74, 6) is -5.15. The van der Waals surface area contributed by atoms with Crippen LogP contribution in [0.2, 0.25) is 0 Å². The van der Waals surface area contributed by atoms with Crippen LogP contribution in [0.3, 0.4) is 0 Å². The standard InChI is InChI=1S/C34H58O30/c35-2-8(41)22-18(49)28(20(51)31(58-22)60-24-7(40)1-34(55,33(53)54)64-25(24)10(43)4-37)63-32-21(52)27(17(48)23(59-32)9(42)3-36)62-30-19(50)26(14(45)12(6-39)57-30)61-29-16(47)15(46)13(44)11(5-38)56-29/h7-32,35-52,55H,1-6H2,(H,53,54)/t7-,8+,9+,10-,11-,12-,13+,14+,15+,16-,17-,18-,19-,20+,21+,22-,23-,24-,25-,26+,27+,28+,29+,30+,31-,32-,34?/m1/s1. The number of carbonyl (C=O) groups is 1. The molecule has 1 unspecified atom stereocenters. The summed E-state index contributed by atoms with van der Waals surface area (Å²) >= 11 is 0. The van der Waals surface area contributed by atoms with Crippen LogP contribution in [0, 0.1) is 0 Å². The minimum Gasteiger partial charge on any atom is -0.477 e. The van der Waals surface area contributed by atoms with Gasteiger partial charge in [0.2, 0.25) is 0 Å². The Morgan fingerprint density at radius 2 is 0.844 bits per heavy atom. The zero-order valence-electron chi connectivity index (χ0n) is 33.3. The Morgan fingerprint density at radius 3 is 1.25 bits per heavy atom. The summed E-state index contributed by atoms with van der Waals surface area (Å²) in [4.78, 5) is 11.7. The van der Waals surface area contributed by atoms with Crippen molar-refractivity contribution >= 4 is 5.97 Å². The lowest BCUT2D eigenvalue weighted by Crippen LogP contribution is -2.69. The molecule has 27 atom stereocenters. The fourth-order valence-corrected chi connectivity index (χ4v) is 7.90. The average Bonchev–Trinajstić information content (AvgIpc) is 3.27. The number of carboxylic acids is 1. The molecule has 5 fully saturated rings. The molecule has 0 saturated carbocycles. The maximum atomic E-state index is 11.7. The number of ether oxygens (including phenoxy) is 9. The van der Waals surface area contributed by atoms with Gasteiger partial charge in [-0.25, -0.2) is 4.79 Å². The number of carboxylic acid groups (broad SMARTS) is 1. The molecule has 30 heteroatoms. The lowest BCUT2D eigenvalue weighted by Gasteiger charge is -2.50. The quantitative estimate of drug-likeness (QED) is 0.0644. The van der Waals surface area contributed by atoms with Gasteiger partial charge in [0.1, 0.15) is 128 Å². The highest BCUT2D eigenvalue weighted by Gasteiger charge is 2.59. The normalized spacial score (nSPS) is 49.5. The number of rotatable bonds is 17. The number of hydrogen-bond acceptors (Lipinski definition) is 29. The second-order valence-electron chi connectivity index (χ2n) is 15.9. The zero-order chi connectivity index (χ0) is 47.7. The van der Waals surface area contributed by atoms with Crippen molar-refractivity contribution in [2.24, 2.45) is 0 Å². The van der Waals surface area contributed by atoms with E-state index in [0.29, 0.717) is 0 Å². The monoisotopic (exact) mass is 946 g/mol. The van der Waals surface area contributed by atoms with E-state index in [-0.39, 0.29) is 0 Å². The molecule has 0 aliphatic carbocycles. The first-order chi connectivity index (χ1) is 30.1. The Bertz CT molecular complexity index is 1470. The molecular weight excluding hydrogens is 888 g/mol. The maximum absolute atomic E-state index is 11.7. The Hall–Kier alpha value is -1.65. The van der Waals surface area contributed by atoms with Crippen LogP contribution in [0.5, 0.6) is 0 Å². The van der Waals surface area contributed by atoms with Crippen LogP contribution >= 0.6 is 0 Å². The lowest BCUT2D eigenvalue weighted by atomic mass is 9.91. The molecule has 0 amide bonds. The molecule has 64 heavy (non-hydrogen) atoms. The Kier molecular flexibility index (Phi) is 18.5. The molecule has 0 radical (unpaired) electrons. The Labute approximate surface area is 360 Å². The van der Waals surface area contributed by atoms with Gasteiger partial charge >= 0.3 is 5.97 Å². The minimum atomic E-state index is -3.13. The molecule has 0 spiro atoms. The maximum Gasteiger partial charge on any atom is 0.364 e. The minimum absolute atomic E-state index is 0.899. The van der Waals surface area contributed by atoms with Crippen molar-refractivity contribution in [1.29, 1.82) is 0 Å². The third kappa shape index (κ3) is 10.8. The van der Waals surface area contributed by atoms with Gasteiger partial charge in [0.15, 0.2) is 25.2 Å². The third-order valence-corrected chi connectivity index (χ3v) is 11.5. The van der Waals surface area contributed by atoms with E-state index >= 15 is 0 Å².